The molecule has 2 rings (SSSR count). The third kappa shape index (κ3) is 4.41. The summed E-state index contributed by atoms with van der Waals surface area (Å²) in [5, 5.41) is 20.2. The number of thioether (sulfide) groups is 1. The van der Waals surface area contributed by atoms with Gasteiger partial charge >= 0.3 is 5.97 Å². The minimum absolute atomic E-state index is 0.0384. The monoisotopic (exact) mass is 415 g/mol. The van der Waals surface area contributed by atoms with E-state index in [2.05, 4.69) is 4.99 Å². The van der Waals surface area contributed by atoms with Crippen molar-refractivity contribution in [2.45, 2.75) is 20.3 Å². The van der Waals surface area contributed by atoms with Crippen molar-refractivity contribution >= 4 is 58.0 Å². The molecule has 1 heterocycles. The highest BCUT2D eigenvalue weighted by Gasteiger charge is 2.33. The minimum Gasteiger partial charge on any atom is -0.506 e. The van der Waals surface area contributed by atoms with Crippen LogP contribution in [0, 0.1) is 0 Å². The molecule has 1 aliphatic heterocycles. The van der Waals surface area contributed by atoms with Gasteiger partial charge in [-0.15, -0.1) is 0 Å². The second-order valence-electron chi connectivity index (χ2n) is 5.05. The molecule has 0 atom stereocenters. The maximum atomic E-state index is 12.1. The lowest BCUT2D eigenvalue weighted by Gasteiger charge is -2.03. The summed E-state index contributed by atoms with van der Waals surface area (Å²) < 4.78 is 4.93. The number of aliphatic hydroxyl groups is 1. The molecule has 0 fully saturated rings. The molecule has 1 amide bonds. The first-order valence-electron chi connectivity index (χ1n) is 7.58. The van der Waals surface area contributed by atoms with Crippen molar-refractivity contribution < 1.29 is 24.5 Å². The van der Waals surface area contributed by atoms with Gasteiger partial charge in [0.15, 0.2) is 5.75 Å². The predicted molar refractivity (Wildman–Crippen MR) is 103 cm³/mol. The van der Waals surface area contributed by atoms with Gasteiger partial charge in [-0.2, -0.15) is 0 Å². The summed E-state index contributed by atoms with van der Waals surface area (Å²) in [6.45, 7) is 3.37. The van der Waals surface area contributed by atoms with E-state index < -0.39 is 11.9 Å². The van der Waals surface area contributed by atoms with E-state index in [0.29, 0.717) is 5.56 Å². The molecule has 1 aromatic carbocycles. The van der Waals surface area contributed by atoms with Crippen molar-refractivity contribution in [2.24, 2.45) is 4.99 Å². The Kier molecular flexibility index (Phi) is 6.75. The number of aromatic hydroxyl groups is 1. The summed E-state index contributed by atoms with van der Waals surface area (Å²) >= 11 is 12.7. The Morgan fingerprint density at radius 1 is 1.23 bits per heavy atom. The third-order valence-electron chi connectivity index (χ3n) is 3.24. The predicted octanol–water partition coefficient (Wildman–Crippen LogP) is 4.50. The molecular formula is C17H15Cl2NO5S. The number of halogens is 2. The Morgan fingerprint density at radius 2 is 1.85 bits per heavy atom. The van der Waals surface area contributed by atoms with Crippen LogP contribution in [0.4, 0.5) is 0 Å². The Labute approximate surface area is 164 Å². The van der Waals surface area contributed by atoms with Crippen LogP contribution < -0.4 is 0 Å². The number of rotatable bonds is 4. The number of aliphatic hydroxyl groups excluding tert-OH is 1. The van der Waals surface area contributed by atoms with Gasteiger partial charge in [0.2, 0.25) is 5.91 Å². The number of hydrogen-bond donors (Lipinski definition) is 2. The van der Waals surface area contributed by atoms with Gasteiger partial charge in [-0.25, -0.2) is 9.79 Å². The van der Waals surface area contributed by atoms with Crippen LogP contribution in [-0.4, -0.2) is 33.7 Å². The number of amides is 1. The maximum Gasteiger partial charge on any atom is 0.344 e. The van der Waals surface area contributed by atoms with Gasteiger partial charge in [-0.3, -0.25) is 4.79 Å². The first-order valence-corrected chi connectivity index (χ1v) is 9.15. The summed E-state index contributed by atoms with van der Waals surface area (Å²) in [4.78, 5) is 27.9. The van der Waals surface area contributed by atoms with E-state index in [1.165, 1.54) is 18.2 Å². The number of hydrogen-bond acceptors (Lipinski definition) is 6. The zero-order valence-corrected chi connectivity index (χ0v) is 16.2. The number of esters is 1. The molecule has 1 aliphatic rings. The first-order chi connectivity index (χ1) is 12.3. The molecule has 0 unspecified atom stereocenters. The Morgan fingerprint density at radius 3 is 2.38 bits per heavy atom. The van der Waals surface area contributed by atoms with Crippen molar-refractivity contribution in [1.29, 1.82) is 0 Å². The number of nitrogens with zero attached hydrogens (tertiary/aromatic N) is 1. The van der Waals surface area contributed by atoms with E-state index in [0.717, 1.165) is 11.8 Å². The second kappa shape index (κ2) is 8.62. The number of ether oxygens (including phenoxy) is 1. The second-order valence-corrected chi connectivity index (χ2v) is 6.90. The number of benzene rings is 1. The molecule has 138 valence electrons. The third-order valence-corrected chi connectivity index (χ3v) is 4.83. The highest BCUT2D eigenvalue weighted by atomic mass is 35.5. The van der Waals surface area contributed by atoms with Gasteiger partial charge in [0.05, 0.1) is 21.6 Å². The Hall–Kier alpha value is -1.96. The fraction of sp³-hybridized carbons (Fsp3) is 0.235. The van der Waals surface area contributed by atoms with Crippen LogP contribution in [0.25, 0.3) is 6.08 Å². The van der Waals surface area contributed by atoms with E-state index in [-0.39, 0.29) is 50.1 Å². The molecule has 6 nitrogen and oxygen atoms in total. The van der Waals surface area contributed by atoms with Gasteiger partial charge in [-0.1, -0.05) is 41.9 Å². The molecule has 26 heavy (non-hydrogen) atoms. The molecule has 0 saturated carbocycles. The number of phenolic OH excluding ortho intramolecular Hbond substituents is 1. The quantitative estimate of drug-likeness (QED) is 0.702. The molecular weight excluding hydrogens is 401 g/mol. The molecule has 0 radical (unpaired) electrons. The van der Waals surface area contributed by atoms with E-state index >= 15 is 0 Å². The van der Waals surface area contributed by atoms with Crippen LogP contribution in [0.1, 0.15) is 25.8 Å². The number of phenols is 1. The van der Waals surface area contributed by atoms with Gasteiger partial charge in [0.1, 0.15) is 16.4 Å². The number of carbonyl (C=O) groups excluding carboxylic acids is 2. The largest absolute Gasteiger partial charge is 0.506 e. The van der Waals surface area contributed by atoms with Crippen molar-refractivity contribution in [3.63, 3.8) is 0 Å². The Bertz CT molecular complexity index is 838. The van der Waals surface area contributed by atoms with Crippen molar-refractivity contribution in [3.05, 3.63) is 44.0 Å². The van der Waals surface area contributed by atoms with Crippen LogP contribution in [0.15, 0.2) is 33.4 Å². The van der Waals surface area contributed by atoms with Gasteiger partial charge in [-0.05, 0) is 30.7 Å². The zero-order valence-electron chi connectivity index (χ0n) is 13.9. The lowest BCUT2D eigenvalue weighted by Crippen LogP contribution is -2.14. The molecule has 2 N–H and O–H groups in total. The molecule has 1 aromatic rings. The molecule has 0 spiro atoms. The molecule has 0 aliphatic carbocycles. The van der Waals surface area contributed by atoms with Gasteiger partial charge in [0.25, 0.3) is 0 Å². The number of aliphatic imine (C=N–C) groups is 1. The normalized spacial score (nSPS) is 17.2. The van der Waals surface area contributed by atoms with Crippen LogP contribution >= 0.6 is 35.0 Å². The smallest absolute Gasteiger partial charge is 0.344 e. The van der Waals surface area contributed by atoms with Gasteiger partial charge in [0, 0.05) is 6.42 Å². The highest BCUT2D eigenvalue weighted by Crippen LogP contribution is 2.40. The first kappa shape index (κ1) is 20.4. The van der Waals surface area contributed by atoms with Crippen LogP contribution in [-0.2, 0) is 14.3 Å². The summed E-state index contributed by atoms with van der Waals surface area (Å²) in [5.41, 5.74) is 0.319. The summed E-state index contributed by atoms with van der Waals surface area (Å²) in [6, 6.07) is 2.89. The molecule has 0 saturated heterocycles. The summed E-state index contributed by atoms with van der Waals surface area (Å²) in [7, 11) is 0. The summed E-state index contributed by atoms with van der Waals surface area (Å²) in [5.74, 6) is -1.81. The average Bonchev–Trinajstić information content (AvgIpc) is 2.88. The van der Waals surface area contributed by atoms with E-state index in [1.54, 1.807) is 13.8 Å². The van der Waals surface area contributed by atoms with Crippen molar-refractivity contribution in [1.82, 2.24) is 0 Å². The fourth-order valence-electron chi connectivity index (χ4n) is 2.00. The van der Waals surface area contributed by atoms with E-state index in [9.17, 15) is 19.8 Å². The average molecular weight is 416 g/mol. The minimum atomic E-state index is -0.773. The summed E-state index contributed by atoms with van der Waals surface area (Å²) in [6.07, 6.45) is 1.67. The molecule has 9 heteroatoms. The maximum absolute atomic E-state index is 12.1. The molecule has 0 aromatic heterocycles. The molecule has 0 bridgehead atoms. The van der Waals surface area contributed by atoms with Crippen LogP contribution in [0.5, 0.6) is 5.75 Å². The lowest BCUT2D eigenvalue weighted by atomic mass is 10.1. The standard InChI is InChI=1S/C17H15Cl2NO5S/c1-3-12(21)20-16-13(17(24)25-4-2)15(23)11(26-16)7-8-5-9(18)14(22)10(19)6-8/h5-7,22-23H,3-4H2,1-2H3/b11-7-,20-16?. The highest BCUT2D eigenvalue weighted by molar-refractivity contribution is 8.18. The van der Waals surface area contributed by atoms with E-state index in [1.807, 2.05) is 0 Å². The number of carbonyl (C=O) groups is 2. The van der Waals surface area contributed by atoms with Crippen LogP contribution in [0.3, 0.4) is 0 Å². The fourth-order valence-corrected chi connectivity index (χ4v) is 3.54. The van der Waals surface area contributed by atoms with Crippen LogP contribution in [0.2, 0.25) is 10.0 Å². The topological polar surface area (TPSA) is 96.2 Å². The Balaban J connectivity index is 2.52. The van der Waals surface area contributed by atoms with Crippen molar-refractivity contribution in [2.75, 3.05) is 6.61 Å². The SMILES string of the molecule is CCOC(=O)C1=C(O)/C(=C/c2cc(Cl)c(O)c(Cl)c2)SC1=NC(=O)CC. The van der Waals surface area contributed by atoms with Gasteiger partial charge < -0.3 is 14.9 Å². The lowest BCUT2D eigenvalue weighted by molar-refractivity contribution is -0.138. The zero-order chi connectivity index (χ0) is 19.4. The van der Waals surface area contributed by atoms with E-state index in [4.69, 9.17) is 27.9 Å². The van der Waals surface area contributed by atoms with Crippen molar-refractivity contribution in [3.8, 4) is 5.75 Å².